The number of ketones is 1. The molecule has 0 aliphatic carbocycles. The van der Waals surface area contributed by atoms with Crippen LogP contribution in [0, 0.1) is 11.6 Å². The Labute approximate surface area is 187 Å². The first-order valence-electron chi connectivity index (χ1n) is 10.9. The minimum absolute atomic E-state index is 0.0133. The van der Waals surface area contributed by atoms with E-state index in [2.05, 4.69) is 0 Å². The van der Waals surface area contributed by atoms with Gasteiger partial charge in [-0.3, -0.25) is 9.46 Å². The van der Waals surface area contributed by atoms with Crippen molar-refractivity contribution in [3.05, 3.63) is 23.8 Å². The second-order valence-electron chi connectivity index (χ2n) is 8.98. The third-order valence-electron chi connectivity index (χ3n) is 6.05. The van der Waals surface area contributed by atoms with Crippen LogP contribution < -0.4 is 9.80 Å². The number of halogens is 2. The van der Waals surface area contributed by atoms with Gasteiger partial charge in [0.25, 0.3) is 0 Å². The van der Waals surface area contributed by atoms with E-state index >= 15 is 0 Å². The van der Waals surface area contributed by atoms with Crippen molar-refractivity contribution in [1.29, 1.82) is 0 Å². The Morgan fingerprint density at radius 1 is 1.25 bits per heavy atom. The van der Waals surface area contributed by atoms with Crippen LogP contribution in [-0.2, 0) is 18.6 Å². The molecule has 178 valence electrons. The van der Waals surface area contributed by atoms with E-state index in [1.165, 1.54) is 11.8 Å². The fourth-order valence-corrected chi connectivity index (χ4v) is 5.61. The SMILES string of the molecule is CCC1(OP(C)(C)=O)CCN(c2c(F)cc(N3C[C@H](CCC(C)=O)OC3=O)cc2F)CC1. The number of hydrogen-bond acceptors (Lipinski definition) is 6. The molecule has 1 amide bonds. The van der Waals surface area contributed by atoms with Crippen LogP contribution in [0.5, 0.6) is 0 Å². The Morgan fingerprint density at radius 3 is 2.34 bits per heavy atom. The van der Waals surface area contributed by atoms with Crippen molar-refractivity contribution in [3.63, 3.8) is 0 Å². The number of nitrogens with zero attached hydrogens (tertiary/aromatic N) is 2. The van der Waals surface area contributed by atoms with Gasteiger partial charge in [0.05, 0.1) is 17.8 Å². The second-order valence-corrected chi connectivity index (χ2v) is 11.7. The number of rotatable bonds is 8. The standard InChI is InChI=1S/C22H31F2N2O5P/c1-5-22(31-32(3,4)29)8-10-25(11-9-22)20-18(23)12-16(13-19(20)24)26-14-17(30-21(26)28)7-6-15(2)27/h12-13,17H,5-11,14H2,1-4H3/t17-/m0/s1. The van der Waals surface area contributed by atoms with Gasteiger partial charge in [-0.15, -0.1) is 0 Å². The minimum atomic E-state index is -2.70. The molecular weight excluding hydrogens is 441 g/mol. The lowest BCUT2D eigenvalue weighted by molar-refractivity contribution is -0.117. The molecule has 2 aliphatic rings. The maximum atomic E-state index is 15.0. The molecule has 0 spiro atoms. The van der Waals surface area contributed by atoms with Crippen molar-refractivity contribution in [1.82, 2.24) is 0 Å². The first-order valence-corrected chi connectivity index (χ1v) is 13.4. The van der Waals surface area contributed by atoms with Gasteiger partial charge in [-0.05, 0) is 32.6 Å². The van der Waals surface area contributed by atoms with Crippen molar-refractivity contribution in [3.8, 4) is 0 Å². The molecule has 1 aromatic rings. The normalized spacial score (nSPS) is 21.1. The van der Waals surface area contributed by atoms with Crippen LogP contribution >= 0.6 is 7.37 Å². The number of amides is 1. The van der Waals surface area contributed by atoms with E-state index in [0.717, 1.165) is 12.1 Å². The van der Waals surface area contributed by atoms with E-state index in [4.69, 9.17) is 9.26 Å². The molecule has 3 rings (SSSR count). The van der Waals surface area contributed by atoms with Gasteiger partial charge in [-0.1, -0.05) is 6.92 Å². The summed E-state index contributed by atoms with van der Waals surface area (Å²) in [5.41, 5.74) is -0.619. The van der Waals surface area contributed by atoms with Crippen molar-refractivity contribution in [2.45, 2.75) is 57.7 Å². The molecule has 32 heavy (non-hydrogen) atoms. The predicted octanol–water partition coefficient (Wildman–Crippen LogP) is 4.96. The Morgan fingerprint density at radius 2 is 1.84 bits per heavy atom. The zero-order valence-corrected chi connectivity index (χ0v) is 19.9. The minimum Gasteiger partial charge on any atom is -0.444 e. The Bertz CT molecular complexity index is 904. The number of cyclic esters (lactones) is 1. The first-order chi connectivity index (χ1) is 14.9. The van der Waals surface area contributed by atoms with Crippen molar-refractivity contribution in [2.24, 2.45) is 0 Å². The second kappa shape index (κ2) is 9.48. The molecule has 10 heteroatoms. The third-order valence-corrected chi connectivity index (χ3v) is 6.88. The molecule has 0 aromatic heterocycles. The van der Waals surface area contributed by atoms with Crippen LogP contribution in [0.3, 0.4) is 0 Å². The number of Topliss-reactive ketones (excluding diaryl/α,β-unsaturated/α-hetero) is 1. The van der Waals surface area contributed by atoms with Gasteiger partial charge in [0, 0.05) is 45.0 Å². The van der Waals surface area contributed by atoms with Crippen molar-refractivity contribution < 1.29 is 32.2 Å². The van der Waals surface area contributed by atoms with Crippen LogP contribution in [0.1, 0.15) is 46.0 Å². The Balaban J connectivity index is 1.73. The van der Waals surface area contributed by atoms with Crippen LogP contribution in [0.15, 0.2) is 12.1 Å². The molecule has 2 saturated heterocycles. The lowest BCUT2D eigenvalue weighted by Gasteiger charge is -2.43. The largest absolute Gasteiger partial charge is 0.444 e. The van der Waals surface area contributed by atoms with Gasteiger partial charge >= 0.3 is 6.09 Å². The van der Waals surface area contributed by atoms with Gasteiger partial charge in [0.1, 0.15) is 17.6 Å². The number of piperidine rings is 1. The molecule has 0 saturated carbocycles. The summed E-state index contributed by atoms with van der Waals surface area (Å²) in [6.07, 6.45) is 1.15. The van der Waals surface area contributed by atoms with Crippen LogP contribution in [0.25, 0.3) is 0 Å². The number of hydrogen-bond donors (Lipinski definition) is 0. The van der Waals surface area contributed by atoms with E-state index in [1.807, 2.05) is 6.92 Å². The molecule has 2 aliphatic heterocycles. The zero-order chi connectivity index (χ0) is 23.7. The highest BCUT2D eigenvalue weighted by molar-refractivity contribution is 7.57. The number of benzene rings is 1. The molecule has 1 aromatic carbocycles. The zero-order valence-electron chi connectivity index (χ0n) is 19.0. The van der Waals surface area contributed by atoms with Crippen LogP contribution in [0.2, 0.25) is 0 Å². The van der Waals surface area contributed by atoms with E-state index < -0.39 is 36.8 Å². The van der Waals surface area contributed by atoms with Gasteiger partial charge < -0.3 is 19.0 Å². The number of carbonyl (C=O) groups is 2. The summed E-state index contributed by atoms with van der Waals surface area (Å²) in [7, 11) is -2.70. The van der Waals surface area contributed by atoms with Crippen LogP contribution in [0.4, 0.5) is 25.0 Å². The van der Waals surface area contributed by atoms with Crippen LogP contribution in [-0.4, -0.2) is 56.5 Å². The Hall–Kier alpha value is -1.99. The van der Waals surface area contributed by atoms with Gasteiger partial charge in [-0.25, -0.2) is 13.6 Å². The summed E-state index contributed by atoms with van der Waals surface area (Å²) >= 11 is 0. The van der Waals surface area contributed by atoms with Crippen molar-refractivity contribution in [2.75, 3.05) is 42.8 Å². The highest BCUT2D eigenvalue weighted by atomic mass is 31.2. The molecule has 2 heterocycles. The maximum absolute atomic E-state index is 15.0. The summed E-state index contributed by atoms with van der Waals surface area (Å²) in [4.78, 5) is 26.2. The smallest absolute Gasteiger partial charge is 0.414 e. The first kappa shape index (κ1) is 24.6. The van der Waals surface area contributed by atoms with Gasteiger partial charge in [-0.2, -0.15) is 0 Å². The fourth-order valence-electron chi connectivity index (χ4n) is 4.37. The summed E-state index contributed by atoms with van der Waals surface area (Å²) in [6.45, 7) is 7.42. The number of anilines is 2. The van der Waals surface area contributed by atoms with Gasteiger partial charge in [0.2, 0.25) is 0 Å². The summed E-state index contributed by atoms with van der Waals surface area (Å²) < 4.78 is 53.3. The average Bonchev–Trinajstić information content (AvgIpc) is 3.06. The quantitative estimate of drug-likeness (QED) is 0.498. The molecule has 1 atom stereocenters. The molecule has 0 unspecified atom stereocenters. The molecule has 7 nitrogen and oxygen atoms in total. The molecular formula is C22H31F2N2O5P. The maximum Gasteiger partial charge on any atom is 0.414 e. The highest BCUT2D eigenvalue weighted by Gasteiger charge is 2.39. The number of carbonyl (C=O) groups excluding carboxylic acids is 2. The van der Waals surface area contributed by atoms with Gasteiger partial charge in [0.15, 0.2) is 19.0 Å². The van der Waals surface area contributed by atoms with E-state index in [0.29, 0.717) is 38.8 Å². The average molecular weight is 472 g/mol. The van der Waals surface area contributed by atoms with E-state index in [-0.39, 0.29) is 30.1 Å². The van der Waals surface area contributed by atoms with E-state index in [1.54, 1.807) is 18.2 Å². The topological polar surface area (TPSA) is 76.2 Å². The molecule has 2 fully saturated rings. The number of ether oxygens (including phenoxy) is 1. The fraction of sp³-hybridized carbons (Fsp3) is 0.636. The monoisotopic (exact) mass is 472 g/mol. The lowest BCUT2D eigenvalue weighted by atomic mass is 9.89. The molecule has 0 N–H and O–H groups in total. The predicted molar refractivity (Wildman–Crippen MR) is 119 cm³/mol. The highest BCUT2D eigenvalue weighted by Crippen LogP contribution is 2.48. The molecule has 0 radical (unpaired) electrons. The summed E-state index contributed by atoms with van der Waals surface area (Å²) in [5, 5.41) is 0. The third kappa shape index (κ3) is 5.67. The lowest BCUT2D eigenvalue weighted by Crippen LogP contribution is -2.45. The van der Waals surface area contributed by atoms with Crippen molar-refractivity contribution >= 4 is 30.6 Å². The summed E-state index contributed by atoms with van der Waals surface area (Å²) in [6, 6.07) is 2.27. The Kier molecular flexibility index (Phi) is 7.30. The van der Waals surface area contributed by atoms with E-state index in [9.17, 15) is 22.9 Å². The molecule has 0 bridgehead atoms. The summed E-state index contributed by atoms with van der Waals surface area (Å²) in [5.74, 6) is -1.54.